The van der Waals surface area contributed by atoms with Gasteiger partial charge in [-0.2, -0.15) is 0 Å². The van der Waals surface area contributed by atoms with E-state index in [2.05, 4.69) is 168 Å². The van der Waals surface area contributed by atoms with E-state index in [1.54, 1.807) is 0 Å². The Bertz CT molecular complexity index is 2510. The molecular formula is C47H41N. The van der Waals surface area contributed by atoms with E-state index in [4.69, 9.17) is 0 Å². The first-order valence-electron chi connectivity index (χ1n) is 17.0. The fourth-order valence-electron chi connectivity index (χ4n) is 7.44. The summed E-state index contributed by atoms with van der Waals surface area (Å²) in [7, 11) is 0. The summed E-state index contributed by atoms with van der Waals surface area (Å²) in [4.78, 5) is 4.53. The van der Waals surface area contributed by atoms with Gasteiger partial charge in [0, 0.05) is 18.0 Å². The van der Waals surface area contributed by atoms with Crippen molar-refractivity contribution < 1.29 is 0 Å². The summed E-state index contributed by atoms with van der Waals surface area (Å²) in [5.41, 5.74) is 10.2. The number of hydrogen-bond acceptors (Lipinski definition) is 1. The summed E-state index contributed by atoms with van der Waals surface area (Å²) in [6.07, 6.45) is 3.85. The monoisotopic (exact) mass is 619 g/mol. The van der Waals surface area contributed by atoms with E-state index in [-0.39, 0.29) is 10.8 Å². The molecule has 1 heteroatoms. The zero-order valence-corrected chi connectivity index (χ0v) is 28.7. The van der Waals surface area contributed by atoms with E-state index in [1.807, 2.05) is 18.5 Å². The third kappa shape index (κ3) is 5.06. The van der Waals surface area contributed by atoms with Gasteiger partial charge in [0.1, 0.15) is 0 Å². The first-order chi connectivity index (χ1) is 23.1. The van der Waals surface area contributed by atoms with E-state index in [0.717, 1.165) is 5.56 Å². The van der Waals surface area contributed by atoms with Crippen LogP contribution in [-0.4, -0.2) is 4.98 Å². The standard InChI is InChI=1S/C47H41N/c1-46(2,3)34-18-11-15-31(24-34)44-37-21-9-10-22-38(37)45(32-16-12-19-35(25-32)47(4,5)6)43-28-41-39(33-17-13-23-48-29-33)26-30-14-7-8-20-36(30)40(41)27-42(43)44/h7-29H,1-6H3. The zero-order chi connectivity index (χ0) is 33.2. The first kappa shape index (κ1) is 30.1. The Morgan fingerprint density at radius 3 is 1.46 bits per heavy atom. The molecule has 234 valence electrons. The first-order valence-corrected chi connectivity index (χ1v) is 17.0. The molecule has 1 heterocycles. The predicted octanol–water partition coefficient (Wildman–Crippen LogP) is 13.3. The van der Waals surface area contributed by atoms with Crippen LogP contribution in [0.1, 0.15) is 52.7 Å². The quantitative estimate of drug-likeness (QED) is 0.142. The van der Waals surface area contributed by atoms with Crippen molar-refractivity contribution in [3.8, 4) is 33.4 Å². The zero-order valence-electron chi connectivity index (χ0n) is 28.7. The molecule has 0 fully saturated rings. The number of fused-ring (bicyclic) bond motifs is 5. The summed E-state index contributed by atoms with van der Waals surface area (Å²) >= 11 is 0. The van der Waals surface area contributed by atoms with Crippen molar-refractivity contribution >= 4 is 43.1 Å². The van der Waals surface area contributed by atoms with Gasteiger partial charge < -0.3 is 0 Å². The van der Waals surface area contributed by atoms with E-state index >= 15 is 0 Å². The molecule has 0 bridgehead atoms. The third-order valence-electron chi connectivity index (χ3n) is 10.0. The van der Waals surface area contributed by atoms with Crippen molar-refractivity contribution in [3.63, 3.8) is 0 Å². The van der Waals surface area contributed by atoms with Crippen molar-refractivity contribution in [2.45, 2.75) is 52.4 Å². The Balaban J connectivity index is 1.61. The molecule has 8 rings (SSSR count). The molecule has 1 aromatic heterocycles. The topological polar surface area (TPSA) is 12.9 Å². The Morgan fingerprint density at radius 2 is 0.917 bits per heavy atom. The summed E-state index contributed by atoms with van der Waals surface area (Å²) in [5.74, 6) is 0. The van der Waals surface area contributed by atoms with Gasteiger partial charge in [-0.1, -0.05) is 145 Å². The van der Waals surface area contributed by atoms with Crippen molar-refractivity contribution in [2.75, 3.05) is 0 Å². The minimum atomic E-state index is 0.0358. The van der Waals surface area contributed by atoms with Gasteiger partial charge in [-0.25, -0.2) is 0 Å². The predicted molar refractivity (Wildman–Crippen MR) is 208 cm³/mol. The van der Waals surface area contributed by atoms with Gasteiger partial charge in [0.15, 0.2) is 0 Å². The second kappa shape index (κ2) is 11.2. The van der Waals surface area contributed by atoms with Crippen LogP contribution < -0.4 is 0 Å². The van der Waals surface area contributed by atoms with Crippen LogP contribution in [0.2, 0.25) is 0 Å². The normalized spacial score (nSPS) is 12.4. The molecule has 0 unspecified atom stereocenters. The van der Waals surface area contributed by atoms with Crippen molar-refractivity contribution in [3.05, 3.63) is 151 Å². The smallest absolute Gasteiger partial charge is 0.0346 e. The van der Waals surface area contributed by atoms with Gasteiger partial charge in [0.2, 0.25) is 0 Å². The van der Waals surface area contributed by atoms with Crippen LogP contribution in [0.5, 0.6) is 0 Å². The minimum absolute atomic E-state index is 0.0358. The number of rotatable bonds is 3. The maximum atomic E-state index is 4.53. The molecule has 0 aliphatic carbocycles. The molecule has 1 nitrogen and oxygen atoms in total. The lowest BCUT2D eigenvalue weighted by Gasteiger charge is -2.24. The molecule has 0 atom stereocenters. The fourth-order valence-corrected chi connectivity index (χ4v) is 7.44. The number of hydrogen-bond donors (Lipinski definition) is 0. The molecule has 48 heavy (non-hydrogen) atoms. The Kier molecular flexibility index (Phi) is 7.00. The second-order valence-electron chi connectivity index (χ2n) is 15.3. The Labute approximate surface area is 283 Å². The average molecular weight is 620 g/mol. The minimum Gasteiger partial charge on any atom is -0.264 e. The molecule has 0 saturated heterocycles. The van der Waals surface area contributed by atoms with Crippen LogP contribution in [0.3, 0.4) is 0 Å². The summed E-state index contributed by atoms with van der Waals surface area (Å²) in [6, 6.07) is 47.7. The summed E-state index contributed by atoms with van der Waals surface area (Å²) in [6.45, 7) is 13.8. The van der Waals surface area contributed by atoms with Crippen molar-refractivity contribution in [1.82, 2.24) is 4.98 Å². The maximum Gasteiger partial charge on any atom is 0.0346 e. The number of pyridine rings is 1. The average Bonchev–Trinajstić information content (AvgIpc) is 3.09. The van der Waals surface area contributed by atoms with Crippen molar-refractivity contribution in [1.29, 1.82) is 0 Å². The molecule has 0 aliphatic rings. The summed E-state index contributed by atoms with van der Waals surface area (Å²) in [5, 5.41) is 10.1. The van der Waals surface area contributed by atoms with Gasteiger partial charge in [0.25, 0.3) is 0 Å². The van der Waals surface area contributed by atoms with Crippen LogP contribution >= 0.6 is 0 Å². The molecule has 0 radical (unpaired) electrons. The SMILES string of the molecule is CC(C)(C)c1cccc(-c2c3ccccc3c(-c3cccc(C(C)(C)C)c3)c3cc4c(cc23)c(-c2cccnc2)cc2ccccc24)c1. The lowest BCUT2D eigenvalue weighted by Crippen LogP contribution is -2.11. The lowest BCUT2D eigenvalue weighted by molar-refractivity contribution is 0.590. The van der Waals surface area contributed by atoms with E-state index in [1.165, 1.54) is 82.0 Å². The van der Waals surface area contributed by atoms with Gasteiger partial charge in [-0.05, 0) is 117 Å². The largest absolute Gasteiger partial charge is 0.264 e. The number of aromatic nitrogens is 1. The van der Waals surface area contributed by atoms with Crippen LogP contribution in [0.25, 0.3) is 76.5 Å². The molecular weight excluding hydrogens is 579 g/mol. The second-order valence-corrected chi connectivity index (χ2v) is 15.3. The van der Waals surface area contributed by atoms with E-state index in [0.29, 0.717) is 0 Å². The molecule has 0 saturated carbocycles. The van der Waals surface area contributed by atoms with E-state index < -0.39 is 0 Å². The van der Waals surface area contributed by atoms with Gasteiger partial charge in [0.05, 0.1) is 0 Å². The highest BCUT2D eigenvalue weighted by Gasteiger charge is 2.22. The highest BCUT2D eigenvalue weighted by Crippen LogP contribution is 2.48. The van der Waals surface area contributed by atoms with Crippen LogP contribution in [0.4, 0.5) is 0 Å². The van der Waals surface area contributed by atoms with E-state index in [9.17, 15) is 0 Å². The van der Waals surface area contributed by atoms with Crippen LogP contribution in [-0.2, 0) is 10.8 Å². The molecule has 0 N–H and O–H groups in total. The molecule has 7 aromatic carbocycles. The number of nitrogens with zero attached hydrogens (tertiary/aromatic N) is 1. The fraction of sp³-hybridized carbons (Fsp3) is 0.170. The highest BCUT2D eigenvalue weighted by atomic mass is 14.6. The van der Waals surface area contributed by atoms with Crippen molar-refractivity contribution in [2.24, 2.45) is 0 Å². The summed E-state index contributed by atoms with van der Waals surface area (Å²) < 4.78 is 0. The van der Waals surface area contributed by atoms with Gasteiger partial charge >= 0.3 is 0 Å². The number of benzene rings is 7. The Morgan fingerprint density at radius 1 is 0.396 bits per heavy atom. The van der Waals surface area contributed by atoms with Gasteiger partial charge in [-0.15, -0.1) is 0 Å². The molecule has 0 spiro atoms. The molecule has 0 aliphatic heterocycles. The molecule has 8 aromatic rings. The van der Waals surface area contributed by atoms with Crippen LogP contribution in [0.15, 0.2) is 140 Å². The van der Waals surface area contributed by atoms with Crippen LogP contribution in [0, 0.1) is 0 Å². The Hall–Kier alpha value is -5.27. The third-order valence-corrected chi connectivity index (χ3v) is 10.0. The highest BCUT2D eigenvalue weighted by molar-refractivity contribution is 6.27. The van der Waals surface area contributed by atoms with Gasteiger partial charge in [-0.3, -0.25) is 4.98 Å². The lowest BCUT2D eigenvalue weighted by atomic mass is 9.80. The maximum absolute atomic E-state index is 4.53. The molecule has 0 amide bonds.